The minimum atomic E-state index is -0.565. The van der Waals surface area contributed by atoms with Crippen LogP contribution in [0.1, 0.15) is 10.4 Å². The van der Waals surface area contributed by atoms with Gasteiger partial charge in [-0.2, -0.15) is 0 Å². The second-order valence-corrected chi connectivity index (χ2v) is 5.53. The van der Waals surface area contributed by atoms with Crippen LogP contribution in [0.3, 0.4) is 0 Å². The van der Waals surface area contributed by atoms with E-state index in [1.165, 1.54) is 0 Å². The van der Waals surface area contributed by atoms with Crippen molar-refractivity contribution < 1.29 is 9.59 Å². The van der Waals surface area contributed by atoms with Crippen molar-refractivity contribution in [1.29, 1.82) is 0 Å². The monoisotopic (exact) mass is 323 g/mol. The summed E-state index contributed by atoms with van der Waals surface area (Å²) < 4.78 is 2.61. The molecule has 3 amide bonds. The molecule has 0 aliphatic heterocycles. The molecular weight excluding hydrogens is 310 g/mol. The highest BCUT2D eigenvalue weighted by atomic mass is 32.2. The second-order valence-electron chi connectivity index (χ2n) is 4.68. The number of imide groups is 1. The summed E-state index contributed by atoms with van der Waals surface area (Å²) in [5, 5.41) is 3.23. The normalized spacial score (nSPS) is 10.3. The van der Waals surface area contributed by atoms with Gasteiger partial charge < -0.3 is 0 Å². The molecule has 3 rings (SSSR count). The van der Waals surface area contributed by atoms with Crippen LogP contribution in [0.15, 0.2) is 71.8 Å². The van der Waals surface area contributed by atoms with Crippen molar-refractivity contribution in [2.75, 3.05) is 0 Å². The highest BCUT2D eigenvalue weighted by Crippen LogP contribution is 2.24. The van der Waals surface area contributed by atoms with E-state index in [4.69, 9.17) is 0 Å². The molecule has 2 aromatic carbocycles. The molecule has 0 saturated carbocycles. The van der Waals surface area contributed by atoms with E-state index in [0.717, 1.165) is 27.7 Å². The molecule has 0 unspecified atom stereocenters. The van der Waals surface area contributed by atoms with Gasteiger partial charge in [0, 0.05) is 22.0 Å². The number of hydrogen-bond acceptors (Lipinski definition) is 4. The number of carbonyl (C=O) groups excluding carboxylic acids is 2. The van der Waals surface area contributed by atoms with Crippen molar-refractivity contribution in [3.8, 4) is 0 Å². The summed E-state index contributed by atoms with van der Waals surface area (Å²) in [5.41, 5.74) is 1.28. The Labute approximate surface area is 137 Å². The van der Waals surface area contributed by atoms with Gasteiger partial charge >= 0.3 is 6.03 Å². The Morgan fingerprint density at radius 3 is 2.57 bits per heavy atom. The molecule has 0 aliphatic carbocycles. The summed E-state index contributed by atoms with van der Waals surface area (Å²) in [6.07, 6.45) is 1.72. The average molecular weight is 323 g/mol. The minimum Gasteiger partial charge on any atom is -0.277 e. The lowest BCUT2D eigenvalue weighted by atomic mass is 10.2. The summed E-state index contributed by atoms with van der Waals surface area (Å²) in [7, 11) is 0. The van der Waals surface area contributed by atoms with E-state index in [0.29, 0.717) is 5.56 Å². The van der Waals surface area contributed by atoms with Crippen LogP contribution < -0.4 is 10.0 Å². The quantitative estimate of drug-likeness (QED) is 0.725. The summed E-state index contributed by atoms with van der Waals surface area (Å²) in [5.74, 6) is -0.441. The van der Waals surface area contributed by atoms with Crippen LogP contribution in [0.5, 0.6) is 0 Å². The van der Waals surface area contributed by atoms with Gasteiger partial charge in [0.05, 0.1) is 5.52 Å². The third kappa shape index (κ3) is 3.67. The number of rotatable bonds is 3. The van der Waals surface area contributed by atoms with E-state index >= 15 is 0 Å². The number of urea groups is 1. The van der Waals surface area contributed by atoms with Gasteiger partial charge in [0.2, 0.25) is 0 Å². The van der Waals surface area contributed by atoms with Gasteiger partial charge in [-0.25, -0.2) is 4.79 Å². The first kappa shape index (κ1) is 15.1. The molecule has 23 heavy (non-hydrogen) atoms. The lowest BCUT2D eigenvalue weighted by molar-refractivity contribution is 0.0965. The fourth-order valence-electron chi connectivity index (χ4n) is 2.06. The van der Waals surface area contributed by atoms with Crippen LogP contribution in [0.4, 0.5) is 4.79 Å². The van der Waals surface area contributed by atoms with Crippen molar-refractivity contribution in [1.82, 2.24) is 15.0 Å². The van der Waals surface area contributed by atoms with Crippen LogP contribution in [-0.4, -0.2) is 16.9 Å². The number of fused-ring (bicyclic) bond motifs is 1. The first-order valence-corrected chi connectivity index (χ1v) is 7.72. The van der Waals surface area contributed by atoms with E-state index < -0.39 is 11.9 Å². The van der Waals surface area contributed by atoms with Crippen LogP contribution in [-0.2, 0) is 0 Å². The molecule has 1 aromatic heterocycles. The number of nitrogens with zero attached hydrogens (tertiary/aromatic N) is 1. The van der Waals surface area contributed by atoms with Gasteiger partial charge in [0.15, 0.2) is 0 Å². The molecule has 0 fully saturated rings. The van der Waals surface area contributed by atoms with Crippen molar-refractivity contribution in [2.24, 2.45) is 0 Å². The number of aromatic nitrogens is 1. The Morgan fingerprint density at radius 1 is 0.913 bits per heavy atom. The third-order valence-corrected chi connectivity index (χ3v) is 3.99. The largest absolute Gasteiger partial charge is 0.331 e. The van der Waals surface area contributed by atoms with Crippen LogP contribution in [0, 0.1) is 0 Å². The molecule has 5 nitrogen and oxygen atoms in total. The Morgan fingerprint density at radius 2 is 1.74 bits per heavy atom. The van der Waals surface area contributed by atoms with Crippen LogP contribution in [0.25, 0.3) is 10.9 Å². The summed E-state index contributed by atoms with van der Waals surface area (Å²) in [4.78, 5) is 28.9. The zero-order chi connectivity index (χ0) is 16.1. The maximum atomic E-state index is 11.9. The molecule has 0 spiro atoms. The summed E-state index contributed by atoms with van der Waals surface area (Å²) >= 11 is 1.14. The predicted molar refractivity (Wildman–Crippen MR) is 90.0 cm³/mol. The van der Waals surface area contributed by atoms with Crippen molar-refractivity contribution >= 4 is 34.8 Å². The van der Waals surface area contributed by atoms with E-state index in [-0.39, 0.29) is 0 Å². The van der Waals surface area contributed by atoms with Crippen molar-refractivity contribution in [2.45, 2.75) is 4.90 Å². The van der Waals surface area contributed by atoms with Crippen molar-refractivity contribution in [3.63, 3.8) is 0 Å². The molecule has 0 aliphatic rings. The molecule has 0 bridgehead atoms. The van der Waals surface area contributed by atoms with Gasteiger partial charge in [-0.05, 0) is 42.3 Å². The Balaban J connectivity index is 1.64. The highest BCUT2D eigenvalue weighted by molar-refractivity contribution is 7.98. The molecular formula is C17H13N3O2S. The van der Waals surface area contributed by atoms with E-state index in [9.17, 15) is 9.59 Å². The number of pyridine rings is 1. The molecule has 2 N–H and O–H groups in total. The van der Waals surface area contributed by atoms with E-state index in [1.54, 1.807) is 36.5 Å². The SMILES string of the molecule is O=C(NSc1cccc2ncccc12)NC(=O)c1ccccc1. The van der Waals surface area contributed by atoms with Gasteiger partial charge in [0.25, 0.3) is 5.91 Å². The second kappa shape index (κ2) is 6.93. The maximum Gasteiger partial charge on any atom is 0.331 e. The Bertz CT molecular complexity index is 847. The molecule has 0 radical (unpaired) electrons. The van der Waals surface area contributed by atoms with Crippen molar-refractivity contribution in [3.05, 3.63) is 72.4 Å². The number of benzene rings is 2. The molecule has 0 atom stereocenters. The molecule has 1 heterocycles. The zero-order valence-corrected chi connectivity index (χ0v) is 12.8. The number of carbonyl (C=O) groups is 2. The molecule has 0 saturated heterocycles. The first-order valence-electron chi connectivity index (χ1n) is 6.91. The standard InChI is InChI=1S/C17H13N3O2S/c21-16(12-6-2-1-3-7-12)19-17(22)20-23-15-10-4-9-14-13(15)8-5-11-18-14/h1-11H,(H2,19,20,21,22). The summed E-state index contributed by atoms with van der Waals surface area (Å²) in [6, 6.07) is 17.4. The highest BCUT2D eigenvalue weighted by Gasteiger charge is 2.10. The predicted octanol–water partition coefficient (Wildman–Crippen LogP) is 3.38. The van der Waals surface area contributed by atoms with E-state index in [2.05, 4.69) is 15.0 Å². The molecule has 6 heteroatoms. The lowest BCUT2D eigenvalue weighted by Crippen LogP contribution is -2.36. The Hall–Kier alpha value is -2.86. The smallest absolute Gasteiger partial charge is 0.277 e. The first-order chi connectivity index (χ1) is 11.2. The summed E-state index contributed by atoms with van der Waals surface area (Å²) in [6.45, 7) is 0. The van der Waals surface area contributed by atoms with E-state index in [1.807, 2.05) is 30.3 Å². The number of amides is 3. The van der Waals surface area contributed by atoms with Crippen LogP contribution in [0.2, 0.25) is 0 Å². The Kier molecular flexibility index (Phi) is 4.54. The lowest BCUT2D eigenvalue weighted by Gasteiger charge is -2.08. The fraction of sp³-hybridized carbons (Fsp3) is 0. The maximum absolute atomic E-state index is 11.9. The average Bonchev–Trinajstić information content (AvgIpc) is 2.60. The van der Waals surface area contributed by atoms with Crippen LogP contribution >= 0.6 is 11.9 Å². The zero-order valence-electron chi connectivity index (χ0n) is 12.0. The topological polar surface area (TPSA) is 71.1 Å². The minimum absolute atomic E-state index is 0.432. The van der Waals surface area contributed by atoms with Gasteiger partial charge in [-0.3, -0.25) is 19.8 Å². The number of hydrogen-bond donors (Lipinski definition) is 2. The van der Waals surface area contributed by atoms with Gasteiger partial charge in [-0.15, -0.1) is 0 Å². The van der Waals surface area contributed by atoms with Gasteiger partial charge in [0.1, 0.15) is 0 Å². The van der Waals surface area contributed by atoms with Gasteiger partial charge in [-0.1, -0.05) is 30.3 Å². The third-order valence-electron chi connectivity index (χ3n) is 3.12. The molecule has 114 valence electrons. The number of nitrogens with one attached hydrogen (secondary N) is 2. The molecule has 3 aromatic rings. The fourth-order valence-corrected chi connectivity index (χ4v) is 2.74.